The van der Waals surface area contributed by atoms with Crippen molar-refractivity contribution in [1.29, 1.82) is 0 Å². The van der Waals surface area contributed by atoms with Gasteiger partial charge in [0.05, 0.1) is 0 Å². The van der Waals surface area contributed by atoms with E-state index in [2.05, 4.69) is 27.9 Å². The van der Waals surface area contributed by atoms with Gasteiger partial charge in [-0.25, -0.2) is 5.01 Å². The van der Waals surface area contributed by atoms with Gasteiger partial charge in [-0.1, -0.05) is 15.9 Å². The smallest absolute Gasteiger partial charge is 0.127 e. The number of hydrogen-bond donors (Lipinski definition) is 1. The van der Waals surface area contributed by atoms with E-state index in [0.29, 0.717) is 0 Å². The lowest BCUT2D eigenvalue weighted by atomic mass is 10.6. The minimum atomic E-state index is 0.954. The summed E-state index contributed by atoms with van der Waals surface area (Å²) >= 11 is 3.22. The fourth-order valence-electron chi connectivity index (χ4n) is 0.378. The molecule has 3 heteroatoms. The van der Waals surface area contributed by atoms with Crippen LogP contribution in [0.1, 0.15) is 0 Å². The van der Waals surface area contributed by atoms with E-state index in [0.717, 1.165) is 4.48 Å². The number of hydrazine groups is 1. The number of halogens is 1. The van der Waals surface area contributed by atoms with E-state index >= 15 is 0 Å². The second-order valence-corrected chi connectivity index (χ2v) is 2.15. The summed E-state index contributed by atoms with van der Waals surface area (Å²) in [6.45, 7) is 2.92. The summed E-state index contributed by atoms with van der Waals surface area (Å²) in [5.74, 6) is 0. The third kappa shape index (κ3) is 1.17. The molecule has 1 aliphatic rings. The van der Waals surface area contributed by atoms with Crippen LogP contribution in [0, 0.1) is 6.54 Å². The Morgan fingerprint density at radius 1 is 2.00 bits per heavy atom. The highest BCUT2D eigenvalue weighted by atomic mass is 79.9. The summed E-state index contributed by atoms with van der Waals surface area (Å²) in [5.41, 5.74) is 2.88. The lowest BCUT2D eigenvalue weighted by Crippen LogP contribution is -2.21. The molecular formula is C4H5BrN2. The number of nitrogens with one attached hydrogen (secondary N) is 1. The Balaban J connectivity index is 2.42. The third-order valence-corrected chi connectivity index (χ3v) is 1.07. The van der Waals surface area contributed by atoms with Gasteiger partial charge in [0.25, 0.3) is 0 Å². The van der Waals surface area contributed by atoms with Gasteiger partial charge in [-0.3, -0.25) is 0 Å². The van der Waals surface area contributed by atoms with Crippen LogP contribution in [0.25, 0.3) is 0 Å². The zero-order valence-electron chi connectivity index (χ0n) is 3.90. The molecule has 1 heterocycles. The van der Waals surface area contributed by atoms with Gasteiger partial charge in [0.1, 0.15) is 6.54 Å². The summed E-state index contributed by atoms with van der Waals surface area (Å²) in [5, 5.41) is 1.74. The molecule has 1 aliphatic heterocycles. The Hall–Kier alpha value is -0.0200. The van der Waals surface area contributed by atoms with Crippen molar-refractivity contribution >= 4 is 15.9 Å². The molecule has 1 rings (SSSR count). The van der Waals surface area contributed by atoms with Crippen LogP contribution in [-0.2, 0) is 0 Å². The standard InChI is InChI=1S/C4H5BrN2/c1-7-3-4(5)2-6-7/h2,6H,1H3. The average Bonchev–Trinajstić information content (AvgIpc) is 1.87. The van der Waals surface area contributed by atoms with E-state index in [1.807, 2.05) is 13.2 Å². The van der Waals surface area contributed by atoms with Crippen molar-refractivity contribution in [1.82, 2.24) is 10.4 Å². The second-order valence-electron chi connectivity index (χ2n) is 1.29. The van der Waals surface area contributed by atoms with E-state index in [9.17, 15) is 0 Å². The van der Waals surface area contributed by atoms with Gasteiger partial charge < -0.3 is 5.43 Å². The monoisotopic (exact) mass is 160 g/mol. The normalized spacial score (nSPS) is 21.7. The fraction of sp³-hybridized carbons (Fsp3) is 0.250. The fourth-order valence-corrected chi connectivity index (χ4v) is 0.747. The average molecular weight is 161 g/mol. The van der Waals surface area contributed by atoms with Crippen LogP contribution in [0.3, 0.4) is 0 Å². The van der Waals surface area contributed by atoms with Gasteiger partial charge in [0, 0.05) is 17.7 Å². The number of likely N-dealkylation sites (N-methyl/N-ethyl adjacent to an activating group) is 1. The van der Waals surface area contributed by atoms with Gasteiger partial charge >= 0.3 is 0 Å². The SMILES string of the molecule is CN1[C]C(Br)=CN1. The topological polar surface area (TPSA) is 15.3 Å². The maximum Gasteiger partial charge on any atom is 0.127 e. The van der Waals surface area contributed by atoms with E-state index in [-0.39, 0.29) is 0 Å². The number of rotatable bonds is 0. The van der Waals surface area contributed by atoms with Crippen LogP contribution in [-0.4, -0.2) is 12.1 Å². The summed E-state index contributed by atoms with van der Waals surface area (Å²) < 4.78 is 0.954. The third-order valence-electron chi connectivity index (χ3n) is 0.659. The van der Waals surface area contributed by atoms with E-state index in [4.69, 9.17) is 0 Å². The first kappa shape index (κ1) is 5.12. The molecule has 7 heavy (non-hydrogen) atoms. The molecule has 0 saturated heterocycles. The molecule has 38 valence electrons. The summed E-state index contributed by atoms with van der Waals surface area (Å²) in [7, 11) is 1.88. The zero-order valence-corrected chi connectivity index (χ0v) is 5.49. The molecule has 0 atom stereocenters. The quantitative estimate of drug-likeness (QED) is 0.562. The molecule has 0 bridgehead atoms. The highest BCUT2D eigenvalue weighted by molar-refractivity contribution is 9.11. The lowest BCUT2D eigenvalue weighted by Gasteiger charge is -2.03. The van der Waals surface area contributed by atoms with Gasteiger partial charge in [-0.15, -0.1) is 0 Å². The van der Waals surface area contributed by atoms with E-state index in [1.165, 1.54) is 0 Å². The van der Waals surface area contributed by atoms with Crippen LogP contribution in [0.2, 0.25) is 0 Å². The van der Waals surface area contributed by atoms with Crippen LogP contribution in [0.5, 0.6) is 0 Å². The maximum absolute atomic E-state index is 3.22. The summed E-state index contributed by atoms with van der Waals surface area (Å²) in [4.78, 5) is 0. The molecule has 0 saturated carbocycles. The zero-order chi connectivity index (χ0) is 5.28. The Labute approximate surface area is 51.3 Å². The first-order valence-electron chi connectivity index (χ1n) is 1.91. The molecule has 2 radical (unpaired) electrons. The van der Waals surface area contributed by atoms with Crippen molar-refractivity contribution < 1.29 is 0 Å². The van der Waals surface area contributed by atoms with Crippen molar-refractivity contribution in [3.63, 3.8) is 0 Å². The van der Waals surface area contributed by atoms with Gasteiger partial charge in [0.15, 0.2) is 0 Å². The van der Waals surface area contributed by atoms with Crippen molar-refractivity contribution in [2.75, 3.05) is 7.05 Å². The molecule has 0 unspecified atom stereocenters. The molecule has 0 fully saturated rings. The molecule has 0 amide bonds. The predicted molar refractivity (Wildman–Crippen MR) is 31.2 cm³/mol. The van der Waals surface area contributed by atoms with Crippen molar-refractivity contribution in [3.8, 4) is 0 Å². The minimum absolute atomic E-state index is 0.954. The van der Waals surface area contributed by atoms with Crippen molar-refractivity contribution in [3.05, 3.63) is 17.2 Å². The molecule has 0 aromatic carbocycles. The largest absolute Gasteiger partial charge is 0.324 e. The molecule has 0 aromatic rings. The summed E-state index contributed by atoms with van der Waals surface area (Å²) in [6, 6.07) is 0. The Kier molecular flexibility index (Phi) is 1.35. The van der Waals surface area contributed by atoms with Gasteiger partial charge in [0.2, 0.25) is 0 Å². The highest BCUT2D eigenvalue weighted by Crippen LogP contribution is 2.12. The predicted octanol–water partition coefficient (Wildman–Crippen LogP) is 0.711. The number of nitrogens with zero attached hydrogens (tertiary/aromatic N) is 1. The Morgan fingerprint density at radius 2 is 2.71 bits per heavy atom. The van der Waals surface area contributed by atoms with E-state index < -0.39 is 0 Å². The molecule has 0 spiro atoms. The summed E-state index contributed by atoms with van der Waals surface area (Å²) in [6.07, 6.45) is 1.82. The van der Waals surface area contributed by atoms with Crippen molar-refractivity contribution in [2.24, 2.45) is 0 Å². The molecule has 2 nitrogen and oxygen atoms in total. The first-order chi connectivity index (χ1) is 3.29. The molecular weight excluding hydrogens is 156 g/mol. The highest BCUT2D eigenvalue weighted by Gasteiger charge is 2.05. The Bertz CT molecular complexity index is 99.9. The lowest BCUT2D eigenvalue weighted by molar-refractivity contribution is 0.378. The van der Waals surface area contributed by atoms with Gasteiger partial charge in [-0.2, -0.15) is 0 Å². The van der Waals surface area contributed by atoms with Crippen LogP contribution in [0.15, 0.2) is 10.7 Å². The van der Waals surface area contributed by atoms with Crippen LogP contribution in [0.4, 0.5) is 0 Å². The number of hydrogen-bond acceptors (Lipinski definition) is 2. The van der Waals surface area contributed by atoms with Gasteiger partial charge in [-0.05, 0) is 0 Å². The van der Waals surface area contributed by atoms with Crippen LogP contribution >= 0.6 is 15.9 Å². The molecule has 0 aromatic heterocycles. The Morgan fingerprint density at radius 3 is 2.86 bits per heavy atom. The minimum Gasteiger partial charge on any atom is -0.324 e. The second kappa shape index (κ2) is 1.84. The van der Waals surface area contributed by atoms with E-state index in [1.54, 1.807) is 5.01 Å². The first-order valence-corrected chi connectivity index (χ1v) is 2.70. The van der Waals surface area contributed by atoms with Crippen LogP contribution < -0.4 is 5.43 Å². The molecule has 1 N–H and O–H groups in total. The molecule has 0 aliphatic carbocycles. The van der Waals surface area contributed by atoms with Crippen molar-refractivity contribution in [2.45, 2.75) is 0 Å². The maximum atomic E-state index is 3.22.